The Hall–Kier alpha value is -1.38. The van der Waals surface area contributed by atoms with E-state index in [0.29, 0.717) is 0 Å². The van der Waals surface area contributed by atoms with Crippen molar-refractivity contribution in [1.29, 1.82) is 0 Å². The van der Waals surface area contributed by atoms with Gasteiger partial charge in [0.1, 0.15) is 0 Å². The fourth-order valence-corrected chi connectivity index (χ4v) is 1.80. The van der Waals surface area contributed by atoms with Gasteiger partial charge in [0.2, 0.25) is 5.91 Å². The van der Waals surface area contributed by atoms with E-state index in [4.69, 9.17) is 0 Å². The minimum atomic E-state index is 0.0396. The Kier molecular flexibility index (Phi) is 2.00. The molecule has 0 saturated heterocycles. The predicted octanol–water partition coefficient (Wildman–Crippen LogP) is 0.685. The molecule has 1 atom stereocenters. The molecule has 0 aliphatic heterocycles. The molecule has 1 amide bonds. The van der Waals surface area contributed by atoms with Crippen LogP contribution in [0.25, 0.3) is 0 Å². The molecule has 13 heavy (non-hydrogen) atoms. The maximum atomic E-state index is 10.8. The summed E-state index contributed by atoms with van der Waals surface area (Å²) >= 11 is 0. The molecule has 1 aromatic rings. The first-order chi connectivity index (χ1) is 6.25. The van der Waals surface area contributed by atoms with Crippen LogP contribution in [-0.2, 0) is 17.6 Å². The second kappa shape index (κ2) is 3.17. The van der Waals surface area contributed by atoms with Crippen LogP contribution in [0.4, 0.5) is 0 Å². The third-order valence-electron chi connectivity index (χ3n) is 2.30. The summed E-state index contributed by atoms with van der Waals surface area (Å²) in [6.45, 7) is 1.55. The highest BCUT2D eigenvalue weighted by molar-refractivity contribution is 5.73. The summed E-state index contributed by atoms with van der Waals surface area (Å²) < 4.78 is 0. The van der Waals surface area contributed by atoms with Gasteiger partial charge in [-0.25, -0.2) is 0 Å². The fraction of sp³-hybridized carbons (Fsp3) is 0.400. The molecule has 1 heterocycles. The van der Waals surface area contributed by atoms with Crippen molar-refractivity contribution in [2.45, 2.75) is 25.8 Å². The van der Waals surface area contributed by atoms with E-state index < -0.39 is 0 Å². The molecule has 0 saturated carbocycles. The van der Waals surface area contributed by atoms with Crippen molar-refractivity contribution in [2.75, 3.05) is 0 Å². The monoisotopic (exact) mass is 176 g/mol. The topological polar surface area (TPSA) is 42.0 Å². The van der Waals surface area contributed by atoms with Crippen molar-refractivity contribution < 1.29 is 4.79 Å². The van der Waals surface area contributed by atoms with E-state index in [1.165, 1.54) is 5.56 Å². The van der Waals surface area contributed by atoms with E-state index in [-0.39, 0.29) is 11.9 Å². The first-order valence-corrected chi connectivity index (χ1v) is 4.45. The quantitative estimate of drug-likeness (QED) is 0.684. The average molecular weight is 176 g/mol. The molecule has 0 bridgehead atoms. The molecule has 1 N–H and O–H groups in total. The molecule has 1 aliphatic carbocycles. The summed E-state index contributed by atoms with van der Waals surface area (Å²) in [4.78, 5) is 15.1. The van der Waals surface area contributed by atoms with Crippen molar-refractivity contribution >= 4 is 5.91 Å². The van der Waals surface area contributed by atoms with Crippen molar-refractivity contribution in [3.05, 3.63) is 29.6 Å². The Morgan fingerprint density at radius 2 is 2.46 bits per heavy atom. The third-order valence-corrected chi connectivity index (χ3v) is 2.30. The predicted molar refractivity (Wildman–Crippen MR) is 49.2 cm³/mol. The van der Waals surface area contributed by atoms with Crippen LogP contribution >= 0.6 is 0 Å². The molecule has 0 aromatic carbocycles. The summed E-state index contributed by atoms with van der Waals surface area (Å²) in [7, 11) is 0. The highest BCUT2D eigenvalue weighted by atomic mass is 16.1. The number of rotatable bonds is 1. The van der Waals surface area contributed by atoms with Gasteiger partial charge >= 0.3 is 0 Å². The minimum absolute atomic E-state index is 0.0396. The number of hydrogen-bond acceptors (Lipinski definition) is 2. The van der Waals surface area contributed by atoms with Crippen LogP contribution in [0.2, 0.25) is 0 Å². The molecule has 3 heteroatoms. The highest BCUT2D eigenvalue weighted by Crippen LogP contribution is 2.19. The van der Waals surface area contributed by atoms with Gasteiger partial charge in [-0.3, -0.25) is 9.78 Å². The van der Waals surface area contributed by atoms with Crippen LogP contribution in [-0.4, -0.2) is 16.9 Å². The van der Waals surface area contributed by atoms with E-state index in [0.717, 1.165) is 18.5 Å². The molecule has 0 fully saturated rings. The molecule has 3 nitrogen and oxygen atoms in total. The number of carbonyl (C=O) groups is 1. The zero-order chi connectivity index (χ0) is 9.26. The molecule has 1 aliphatic rings. The second-order valence-corrected chi connectivity index (χ2v) is 3.41. The number of aromatic nitrogens is 1. The van der Waals surface area contributed by atoms with E-state index in [9.17, 15) is 4.79 Å². The molecule has 68 valence electrons. The van der Waals surface area contributed by atoms with E-state index in [1.807, 2.05) is 6.07 Å². The first-order valence-electron chi connectivity index (χ1n) is 4.45. The van der Waals surface area contributed by atoms with Gasteiger partial charge in [0.15, 0.2) is 0 Å². The first kappa shape index (κ1) is 8.23. The summed E-state index contributed by atoms with van der Waals surface area (Å²) in [5, 5.41) is 2.91. The normalized spacial score (nSPS) is 19.6. The van der Waals surface area contributed by atoms with Crippen LogP contribution < -0.4 is 5.32 Å². The van der Waals surface area contributed by atoms with E-state index >= 15 is 0 Å². The number of nitrogens with one attached hydrogen (secondary N) is 1. The Bertz CT molecular complexity index is 310. The third kappa shape index (κ3) is 1.69. The minimum Gasteiger partial charge on any atom is -0.353 e. The lowest BCUT2D eigenvalue weighted by atomic mass is 10.2. The Labute approximate surface area is 77.2 Å². The van der Waals surface area contributed by atoms with Gasteiger partial charge < -0.3 is 5.32 Å². The highest BCUT2D eigenvalue weighted by Gasteiger charge is 2.22. The lowest BCUT2D eigenvalue weighted by Crippen LogP contribution is -2.33. The van der Waals surface area contributed by atoms with Gasteiger partial charge in [0, 0.05) is 31.3 Å². The van der Waals surface area contributed by atoms with Crippen LogP contribution in [0.15, 0.2) is 18.3 Å². The molecule has 0 unspecified atom stereocenters. The summed E-state index contributed by atoms with van der Waals surface area (Å²) in [6.07, 6.45) is 3.59. The van der Waals surface area contributed by atoms with Crippen LogP contribution in [0.3, 0.4) is 0 Å². The molecular formula is C10H12N2O. The number of fused-ring (bicyclic) bond motifs is 1. The van der Waals surface area contributed by atoms with Gasteiger partial charge in [-0.1, -0.05) is 6.07 Å². The number of amides is 1. The lowest BCUT2D eigenvalue weighted by Gasteiger charge is -2.08. The number of hydrogen-bond donors (Lipinski definition) is 1. The smallest absolute Gasteiger partial charge is 0.217 e. The molecule has 1 aromatic heterocycles. The lowest BCUT2D eigenvalue weighted by molar-refractivity contribution is -0.119. The van der Waals surface area contributed by atoms with Crippen LogP contribution in [0.1, 0.15) is 18.2 Å². The van der Waals surface area contributed by atoms with Gasteiger partial charge in [0.05, 0.1) is 0 Å². The van der Waals surface area contributed by atoms with Crippen LogP contribution in [0, 0.1) is 0 Å². The standard InChI is InChI=1S/C10H12N2O/c1-7(13)12-9-5-8-3-2-4-11-10(8)6-9/h2-4,9H,5-6H2,1H3,(H,12,13)/t9-/m1/s1. The summed E-state index contributed by atoms with van der Waals surface area (Å²) in [6, 6.07) is 4.27. The molecule has 0 radical (unpaired) electrons. The van der Waals surface area contributed by atoms with Crippen molar-refractivity contribution in [3.8, 4) is 0 Å². The fourth-order valence-electron chi connectivity index (χ4n) is 1.80. The van der Waals surface area contributed by atoms with Gasteiger partial charge in [-0.2, -0.15) is 0 Å². The Balaban J connectivity index is 2.09. The van der Waals surface area contributed by atoms with Crippen molar-refractivity contribution in [3.63, 3.8) is 0 Å². The van der Waals surface area contributed by atoms with E-state index in [2.05, 4.69) is 16.4 Å². The molecule has 2 rings (SSSR count). The van der Waals surface area contributed by atoms with Crippen molar-refractivity contribution in [2.24, 2.45) is 0 Å². The average Bonchev–Trinajstić information content (AvgIpc) is 2.44. The van der Waals surface area contributed by atoms with Gasteiger partial charge in [-0.05, 0) is 18.1 Å². The Morgan fingerprint density at radius 1 is 1.62 bits per heavy atom. The SMILES string of the molecule is CC(=O)N[C@@H]1Cc2cccnc2C1. The maximum Gasteiger partial charge on any atom is 0.217 e. The van der Waals surface area contributed by atoms with E-state index in [1.54, 1.807) is 13.1 Å². The number of carbonyl (C=O) groups excluding carboxylic acids is 1. The largest absolute Gasteiger partial charge is 0.353 e. The van der Waals surface area contributed by atoms with Crippen molar-refractivity contribution in [1.82, 2.24) is 10.3 Å². The zero-order valence-electron chi connectivity index (χ0n) is 7.58. The van der Waals surface area contributed by atoms with Gasteiger partial charge in [0.25, 0.3) is 0 Å². The summed E-state index contributed by atoms with van der Waals surface area (Å²) in [5.41, 5.74) is 2.39. The second-order valence-electron chi connectivity index (χ2n) is 3.41. The maximum absolute atomic E-state index is 10.8. The van der Waals surface area contributed by atoms with Crippen LogP contribution in [0.5, 0.6) is 0 Å². The number of nitrogens with zero attached hydrogens (tertiary/aromatic N) is 1. The zero-order valence-corrected chi connectivity index (χ0v) is 7.58. The summed E-state index contributed by atoms with van der Waals surface area (Å²) in [5.74, 6) is 0.0396. The molecule has 0 spiro atoms. The Morgan fingerprint density at radius 3 is 3.15 bits per heavy atom. The molecular weight excluding hydrogens is 164 g/mol. The number of pyridine rings is 1. The van der Waals surface area contributed by atoms with Gasteiger partial charge in [-0.15, -0.1) is 0 Å².